The number of hydrogen-bond donors (Lipinski definition) is 2. The quantitative estimate of drug-likeness (QED) is 0.673. The Morgan fingerprint density at radius 3 is 2.52 bits per heavy atom. The van der Waals surface area contributed by atoms with E-state index >= 15 is 0 Å². The predicted molar refractivity (Wildman–Crippen MR) is 100 cm³/mol. The number of carbonyl (C=O) groups excluding carboxylic acids is 1. The van der Waals surface area contributed by atoms with Crippen LogP contribution in [0.25, 0.3) is 0 Å². The number of nitrogens with one attached hydrogen (secondary N) is 2. The van der Waals surface area contributed by atoms with Gasteiger partial charge in [-0.25, -0.2) is 13.1 Å². The second-order valence-electron chi connectivity index (χ2n) is 6.71. The van der Waals surface area contributed by atoms with E-state index in [-0.39, 0.29) is 21.9 Å². The number of halogens is 3. The molecule has 2 aromatic rings. The monoisotopic (exact) mass is 428 g/mol. The van der Waals surface area contributed by atoms with Crippen LogP contribution in [0.15, 0.2) is 53.4 Å². The van der Waals surface area contributed by atoms with Crippen molar-refractivity contribution in [3.05, 3.63) is 54.1 Å². The van der Waals surface area contributed by atoms with Crippen LogP contribution in [-0.2, 0) is 10.0 Å². The molecule has 10 heteroatoms. The molecule has 1 saturated carbocycles. The molecule has 0 aliphatic heterocycles. The van der Waals surface area contributed by atoms with Crippen LogP contribution in [0.1, 0.15) is 23.2 Å². The Morgan fingerprint density at radius 2 is 1.83 bits per heavy atom. The van der Waals surface area contributed by atoms with Crippen LogP contribution >= 0.6 is 0 Å². The van der Waals surface area contributed by atoms with Gasteiger partial charge in [-0.1, -0.05) is 12.1 Å². The van der Waals surface area contributed by atoms with Gasteiger partial charge >= 0.3 is 6.18 Å². The van der Waals surface area contributed by atoms with Crippen LogP contribution in [0, 0.1) is 5.92 Å². The highest BCUT2D eigenvalue weighted by Crippen LogP contribution is 2.28. The van der Waals surface area contributed by atoms with E-state index in [4.69, 9.17) is 0 Å². The van der Waals surface area contributed by atoms with Crippen LogP contribution in [-0.4, -0.2) is 33.7 Å². The number of ether oxygens (including phenoxy) is 1. The lowest BCUT2D eigenvalue weighted by molar-refractivity contribution is -0.153. The molecule has 2 aromatic carbocycles. The summed E-state index contributed by atoms with van der Waals surface area (Å²) in [4.78, 5) is 12.4. The summed E-state index contributed by atoms with van der Waals surface area (Å²) in [6.07, 6.45) is -2.48. The third-order valence-electron chi connectivity index (χ3n) is 4.16. The Kier molecular flexibility index (Phi) is 6.13. The third kappa shape index (κ3) is 6.47. The Labute approximate surface area is 166 Å². The number of amides is 1. The molecular formula is C19H19F3N2O4S. The van der Waals surface area contributed by atoms with Gasteiger partial charge in [0.05, 0.1) is 4.90 Å². The van der Waals surface area contributed by atoms with E-state index in [1.54, 1.807) is 0 Å². The number of anilines is 1. The third-order valence-corrected chi connectivity index (χ3v) is 5.58. The van der Waals surface area contributed by atoms with Crippen LogP contribution in [0.2, 0.25) is 0 Å². The van der Waals surface area contributed by atoms with Crippen molar-refractivity contribution in [3.63, 3.8) is 0 Å². The normalized spacial score (nSPS) is 14.4. The van der Waals surface area contributed by atoms with E-state index in [0.717, 1.165) is 12.8 Å². The lowest BCUT2D eigenvalue weighted by Crippen LogP contribution is -2.26. The fourth-order valence-corrected chi connectivity index (χ4v) is 3.63. The topological polar surface area (TPSA) is 84.5 Å². The van der Waals surface area contributed by atoms with E-state index in [0.29, 0.717) is 12.5 Å². The summed E-state index contributed by atoms with van der Waals surface area (Å²) in [5.41, 5.74) is 0.315. The van der Waals surface area contributed by atoms with Gasteiger partial charge in [0.2, 0.25) is 10.0 Å². The predicted octanol–water partition coefficient (Wildman–Crippen LogP) is 3.57. The first-order chi connectivity index (χ1) is 13.6. The maximum atomic E-state index is 12.5. The standard InChI is InChI=1S/C19H19F3N2O4S/c20-19(21,22)12-28-16-5-2-4-15(10-16)24-18(25)14-3-1-6-17(9-14)29(26,27)23-11-13-7-8-13/h1-6,9-10,13,23H,7-8,11-12H2,(H,24,25). The maximum absolute atomic E-state index is 12.5. The van der Waals surface area contributed by atoms with Crippen LogP contribution in [0.4, 0.5) is 18.9 Å². The van der Waals surface area contributed by atoms with E-state index < -0.39 is 28.7 Å². The molecule has 2 N–H and O–H groups in total. The Bertz CT molecular complexity index is 989. The van der Waals surface area contributed by atoms with E-state index in [1.165, 1.54) is 48.5 Å². The van der Waals surface area contributed by atoms with Gasteiger partial charge in [0, 0.05) is 23.9 Å². The van der Waals surface area contributed by atoms with Crippen LogP contribution < -0.4 is 14.8 Å². The van der Waals surface area contributed by atoms with E-state index in [1.807, 2.05) is 0 Å². The van der Waals surface area contributed by atoms with Gasteiger partial charge in [0.15, 0.2) is 6.61 Å². The van der Waals surface area contributed by atoms with Crippen molar-refractivity contribution in [3.8, 4) is 5.75 Å². The first kappa shape index (κ1) is 21.1. The largest absolute Gasteiger partial charge is 0.484 e. The maximum Gasteiger partial charge on any atom is 0.422 e. The van der Waals surface area contributed by atoms with Crippen molar-refractivity contribution < 1.29 is 31.1 Å². The molecule has 0 bridgehead atoms. The molecule has 0 atom stereocenters. The number of sulfonamides is 1. The molecule has 0 heterocycles. The molecule has 1 aliphatic carbocycles. The minimum Gasteiger partial charge on any atom is -0.484 e. The lowest BCUT2D eigenvalue weighted by Gasteiger charge is -2.11. The molecule has 6 nitrogen and oxygen atoms in total. The summed E-state index contributed by atoms with van der Waals surface area (Å²) in [7, 11) is -3.73. The van der Waals surface area contributed by atoms with Crippen molar-refractivity contribution in [1.29, 1.82) is 0 Å². The van der Waals surface area contributed by atoms with Gasteiger partial charge in [-0.2, -0.15) is 13.2 Å². The van der Waals surface area contributed by atoms with Gasteiger partial charge < -0.3 is 10.1 Å². The molecule has 0 aromatic heterocycles. The Hall–Kier alpha value is -2.59. The fraction of sp³-hybridized carbons (Fsp3) is 0.316. The molecule has 0 radical (unpaired) electrons. The molecule has 3 rings (SSSR count). The summed E-state index contributed by atoms with van der Waals surface area (Å²) in [5, 5.41) is 2.52. The van der Waals surface area contributed by atoms with Gasteiger partial charge in [-0.15, -0.1) is 0 Å². The minimum atomic E-state index is -4.47. The summed E-state index contributed by atoms with van der Waals surface area (Å²) in [5.74, 6) is -0.291. The average Bonchev–Trinajstić information content (AvgIpc) is 3.49. The molecule has 29 heavy (non-hydrogen) atoms. The van der Waals surface area contributed by atoms with Gasteiger partial charge in [-0.05, 0) is 49.1 Å². The SMILES string of the molecule is O=C(Nc1cccc(OCC(F)(F)F)c1)c1cccc(S(=O)(=O)NCC2CC2)c1. The van der Waals surface area contributed by atoms with Gasteiger partial charge in [-0.3, -0.25) is 4.79 Å². The molecule has 1 aliphatic rings. The van der Waals surface area contributed by atoms with Crippen molar-refractivity contribution >= 4 is 21.6 Å². The summed E-state index contributed by atoms with van der Waals surface area (Å²) < 4.78 is 68.6. The zero-order valence-corrected chi connectivity index (χ0v) is 16.0. The lowest BCUT2D eigenvalue weighted by atomic mass is 10.2. The Balaban J connectivity index is 1.68. The molecule has 156 valence electrons. The molecule has 0 unspecified atom stereocenters. The first-order valence-corrected chi connectivity index (χ1v) is 10.3. The zero-order chi connectivity index (χ0) is 21.1. The smallest absolute Gasteiger partial charge is 0.422 e. The van der Waals surface area contributed by atoms with Crippen molar-refractivity contribution in [2.24, 2.45) is 5.92 Å². The second-order valence-corrected chi connectivity index (χ2v) is 8.48. The first-order valence-electron chi connectivity index (χ1n) is 8.83. The summed E-state index contributed by atoms with van der Waals surface area (Å²) >= 11 is 0. The highest BCUT2D eigenvalue weighted by atomic mass is 32.2. The highest BCUT2D eigenvalue weighted by Gasteiger charge is 2.28. The van der Waals surface area contributed by atoms with Gasteiger partial charge in [0.1, 0.15) is 5.75 Å². The van der Waals surface area contributed by atoms with Crippen molar-refractivity contribution in [2.45, 2.75) is 23.9 Å². The fourth-order valence-electron chi connectivity index (χ4n) is 2.47. The molecular weight excluding hydrogens is 409 g/mol. The van der Waals surface area contributed by atoms with Gasteiger partial charge in [0.25, 0.3) is 5.91 Å². The number of benzene rings is 2. The van der Waals surface area contributed by atoms with Crippen LogP contribution in [0.5, 0.6) is 5.75 Å². The summed E-state index contributed by atoms with van der Waals surface area (Å²) in [6.45, 7) is -1.08. The van der Waals surface area contributed by atoms with E-state index in [2.05, 4.69) is 14.8 Å². The summed E-state index contributed by atoms with van der Waals surface area (Å²) in [6, 6.07) is 11.0. The molecule has 1 fully saturated rings. The number of alkyl halides is 3. The average molecular weight is 428 g/mol. The van der Waals surface area contributed by atoms with Crippen molar-refractivity contribution in [2.75, 3.05) is 18.5 Å². The second kappa shape index (κ2) is 8.42. The number of rotatable bonds is 8. The molecule has 1 amide bonds. The molecule has 0 saturated heterocycles. The number of carbonyl (C=O) groups is 1. The zero-order valence-electron chi connectivity index (χ0n) is 15.2. The number of hydrogen-bond acceptors (Lipinski definition) is 4. The van der Waals surface area contributed by atoms with Crippen LogP contribution in [0.3, 0.4) is 0 Å². The van der Waals surface area contributed by atoms with Crippen molar-refractivity contribution in [1.82, 2.24) is 4.72 Å². The highest BCUT2D eigenvalue weighted by molar-refractivity contribution is 7.89. The van der Waals surface area contributed by atoms with E-state index in [9.17, 15) is 26.4 Å². The Morgan fingerprint density at radius 1 is 1.10 bits per heavy atom. The minimum absolute atomic E-state index is 0.0342. The molecule has 0 spiro atoms.